The van der Waals surface area contributed by atoms with Crippen molar-refractivity contribution in [2.24, 2.45) is 0 Å². The van der Waals surface area contributed by atoms with Gasteiger partial charge in [0.25, 0.3) is 0 Å². The molecular weight excluding hydrogens is 435 g/mol. The van der Waals surface area contributed by atoms with Gasteiger partial charge in [-0.1, -0.05) is 17.8 Å². The SMILES string of the molecule is CN1C(C(F)(F)F)=CC(O)c2ccc(NC(=O)CSc3nc(N)nc4nc[nH]c34)cc21. The highest BCUT2D eigenvalue weighted by atomic mass is 32.2. The van der Waals surface area contributed by atoms with Crippen LogP contribution in [0.2, 0.25) is 0 Å². The minimum atomic E-state index is -4.62. The number of anilines is 3. The number of aromatic nitrogens is 4. The summed E-state index contributed by atoms with van der Waals surface area (Å²) in [6, 6.07) is 4.37. The molecule has 0 aliphatic carbocycles. The topological polar surface area (TPSA) is 133 Å². The Hall–Kier alpha value is -3.32. The molecule has 13 heteroatoms. The van der Waals surface area contributed by atoms with Crippen LogP contribution in [0.4, 0.5) is 30.5 Å². The van der Waals surface area contributed by atoms with Crippen molar-refractivity contribution >= 4 is 46.2 Å². The van der Waals surface area contributed by atoms with E-state index in [9.17, 15) is 23.1 Å². The average molecular weight is 451 g/mol. The Labute approximate surface area is 177 Å². The molecule has 5 N–H and O–H groups in total. The first-order chi connectivity index (χ1) is 14.6. The van der Waals surface area contributed by atoms with Gasteiger partial charge in [0.1, 0.15) is 22.3 Å². The first-order valence-electron chi connectivity index (χ1n) is 8.87. The number of nitrogens with two attached hydrogens (primary N) is 1. The quantitative estimate of drug-likeness (QED) is 0.351. The summed E-state index contributed by atoms with van der Waals surface area (Å²) in [4.78, 5) is 28.3. The summed E-state index contributed by atoms with van der Waals surface area (Å²) in [5, 5.41) is 13.1. The van der Waals surface area contributed by atoms with Crippen LogP contribution in [0.1, 0.15) is 11.7 Å². The van der Waals surface area contributed by atoms with Crippen LogP contribution in [0.5, 0.6) is 0 Å². The fourth-order valence-electron chi connectivity index (χ4n) is 3.19. The fourth-order valence-corrected chi connectivity index (χ4v) is 3.98. The molecule has 1 aromatic carbocycles. The number of thioether (sulfide) groups is 1. The maximum Gasteiger partial charge on any atom is 0.431 e. The van der Waals surface area contributed by atoms with Gasteiger partial charge in [0, 0.05) is 24.0 Å². The lowest BCUT2D eigenvalue weighted by Gasteiger charge is -2.32. The predicted octanol–water partition coefficient (Wildman–Crippen LogP) is 2.60. The summed E-state index contributed by atoms with van der Waals surface area (Å²) < 4.78 is 39.7. The molecule has 2 aromatic heterocycles. The molecule has 0 saturated carbocycles. The van der Waals surface area contributed by atoms with Crippen molar-refractivity contribution in [2.75, 3.05) is 28.8 Å². The van der Waals surface area contributed by atoms with Gasteiger partial charge >= 0.3 is 6.18 Å². The number of halogens is 3. The second-order valence-electron chi connectivity index (χ2n) is 6.65. The summed E-state index contributed by atoms with van der Waals surface area (Å²) in [5.41, 5.74) is 6.34. The Morgan fingerprint density at radius 1 is 1.39 bits per heavy atom. The van der Waals surface area contributed by atoms with Crippen LogP contribution in [0.3, 0.4) is 0 Å². The minimum Gasteiger partial charge on any atom is -0.384 e. The van der Waals surface area contributed by atoms with Crippen LogP contribution < -0.4 is 16.0 Å². The molecule has 0 radical (unpaired) electrons. The van der Waals surface area contributed by atoms with Gasteiger partial charge in [-0.3, -0.25) is 4.79 Å². The number of nitrogen functional groups attached to an aromatic ring is 1. The molecule has 0 spiro atoms. The number of allylic oxidation sites excluding steroid dienone is 1. The van der Waals surface area contributed by atoms with E-state index in [1.165, 1.54) is 31.6 Å². The van der Waals surface area contributed by atoms with Crippen LogP contribution in [0, 0.1) is 0 Å². The van der Waals surface area contributed by atoms with Crippen LogP contribution in [-0.4, -0.2) is 49.9 Å². The first kappa shape index (κ1) is 20.9. The molecule has 1 amide bonds. The van der Waals surface area contributed by atoms with Gasteiger partial charge in [-0.25, -0.2) is 9.97 Å². The summed E-state index contributed by atoms with van der Waals surface area (Å²) in [6.07, 6.45) is -3.84. The largest absolute Gasteiger partial charge is 0.431 e. The zero-order chi connectivity index (χ0) is 22.3. The van der Waals surface area contributed by atoms with E-state index in [-0.39, 0.29) is 17.4 Å². The number of aromatic amines is 1. The predicted molar refractivity (Wildman–Crippen MR) is 109 cm³/mol. The highest BCUT2D eigenvalue weighted by Gasteiger charge is 2.40. The van der Waals surface area contributed by atoms with E-state index >= 15 is 0 Å². The first-order valence-corrected chi connectivity index (χ1v) is 9.86. The number of aliphatic hydroxyl groups excluding tert-OH is 1. The monoisotopic (exact) mass is 451 g/mol. The van der Waals surface area contributed by atoms with E-state index < -0.39 is 23.9 Å². The molecule has 0 saturated heterocycles. The number of carbonyl (C=O) groups excluding carboxylic acids is 1. The van der Waals surface area contributed by atoms with Gasteiger partial charge in [0.05, 0.1) is 12.1 Å². The van der Waals surface area contributed by atoms with E-state index in [1.54, 1.807) is 0 Å². The number of hydrogen-bond acceptors (Lipinski definition) is 8. The van der Waals surface area contributed by atoms with E-state index in [2.05, 4.69) is 25.3 Å². The van der Waals surface area contributed by atoms with Gasteiger partial charge in [0.2, 0.25) is 11.9 Å². The standard InChI is InChI=1S/C18H16F3N7O2S/c1-28-10-4-8(2-3-9(10)11(29)5-12(28)18(19,20)21)25-13(30)6-31-16-14-15(24-7-23-14)26-17(22)27-16/h2-5,7,11,29H,6H2,1H3,(H,25,30)(H3,22,23,24,26,27). The summed E-state index contributed by atoms with van der Waals surface area (Å²) in [6.45, 7) is 0. The highest BCUT2D eigenvalue weighted by Crippen LogP contribution is 2.41. The van der Waals surface area contributed by atoms with Gasteiger partial charge in [0.15, 0.2) is 5.65 Å². The Morgan fingerprint density at radius 2 is 2.16 bits per heavy atom. The maximum absolute atomic E-state index is 13.2. The van der Waals surface area contributed by atoms with Gasteiger partial charge in [-0.15, -0.1) is 0 Å². The third kappa shape index (κ3) is 4.14. The average Bonchev–Trinajstić information content (AvgIpc) is 3.16. The third-order valence-electron chi connectivity index (χ3n) is 4.57. The van der Waals surface area contributed by atoms with Crippen molar-refractivity contribution in [3.05, 3.63) is 41.9 Å². The molecule has 1 aliphatic rings. The maximum atomic E-state index is 13.2. The minimum absolute atomic E-state index is 0.0207. The lowest BCUT2D eigenvalue weighted by molar-refractivity contribution is -0.113. The van der Waals surface area contributed by atoms with Gasteiger partial charge in [-0.05, 0) is 18.2 Å². The number of fused-ring (bicyclic) bond motifs is 2. The van der Waals surface area contributed by atoms with Crippen molar-refractivity contribution in [2.45, 2.75) is 17.3 Å². The number of H-pyrrole nitrogens is 1. The number of hydrogen-bond donors (Lipinski definition) is 4. The molecule has 1 atom stereocenters. The van der Waals surface area contributed by atoms with E-state index in [0.717, 1.165) is 22.7 Å². The van der Waals surface area contributed by atoms with Crippen LogP contribution in [0.25, 0.3) is 11.2 Å². The normalized spacial score (nSPS) is 16.2. The molecule has 1 aliphatic heterocycles. The Balaban J connectivity index is 1.49. The van der Waals surface area contributed by atoms with Crippen LogP contribution in [-0.2, 0) is 4.79 Å². The zero-order valence-electron chi connectivity index (χ0n) is 15.9. The van der Waals surface area contributed by atoms with Crippen molar-refractivity contribution in [3.8, 4) is 0 Å². The molecule has 4 rings (SSSR count). The fraction of sp³-hybridized carbons (Fsp3) is 0.222. The number of carbonyl (C=O) groups is 1. The van der Waals surface area contributed by atoms with E-state index in [0.29, 0.717) is 27.4 Å². The van der Waals surface area contributed by atoms with Crippen LogP contribution in [0.15, 0.2) is 41.3 Å². The third-order valence-corrected chi connectivity index (χ3v) is 5.55. The van der Waals surface area contributed by atoms with Gasteiger partial charge in [-0.2, -0.15) is 18.2 Å². The molecule has 1 unspecified atom stereocenters. The Bertz CT molecular complexity index is 1190. The molecule has 162 valence electrons. The number of alkyl halides is 3. The molecule has 3 heterocycles. The van der Waals surface area contributed by atoms with Crippen molar-refractivity contribution < 1.29 is 23.1 Å². The lowest BCUT2D eigenvalue weighted by Crippen LogP contribution is -2.32. The lowest BCUT2D eigenvalue weighted by atomic mass is 9.99. The molecule has 9 nitrogen and oxygen atoms in total. The Morgan fingerprint density at radius 3 is 2.90 bits per heavy atom. The molecule has 0 bridgehead atoms. The van der Waals surface area contributed by atoms with Crippen molar-refractivity contribution in [3.63, 3.8) is 0 Å². The summed E-state index contributed by atoms with van der Waals surface area (Å²) in [7, 11) is 1.25. The second-order valence-corrected chi connectivity index (χ2v) is 7.62. The number of imidazole rings is 1. The molecular formula is C18H16F3N7O2S. The number of aliphatic hydroxyl groups is 1. The molecule has 0 fully saturated rings. The van der Waals surface area contributed by atoms with Crippen molar-refractivity contribution in [1.82, 2.24) is 19.9 Å². The van der Waals surface area contributed by atoms with Crippen molar-refractivity contribution in [1.29, 1.82) is 0 Å². The van der Waals surface area contributed by atoms with E-state index in [4.69, 9.17) is 5.73 Å². The highest BCUT2D eigenvalue weighted by molar-refractivity contribution is 8.00. The summed E-state index contributed by atoms with van der Waals surface area (Å²) >= 11 is 1.11. The smallest absolute Gasteiger partial charge is 0.384 e. The van der Waals surface area contributed by atoms with Crippen LogP contribution >= 0.6 is 11.8 Å². The second kappa shape index (κ2) is 7.74. The number of rotatable bonds is 4. The molecule has 3 aromatic rings. The number of amides is 1. The number of nitrogens with one attached hydrogen (secondary N) is 2. The Kier molecular flexibility index (Phi) is 5.23. The number of nitrogens with zero attached hydrogens (tertiary/aromatic N) is 4. The zero-order valence-corrected chi connectivity index (χ0v) is 16.8. The van der Waals surface area contributed by atoms with Gasteiger partial charge < -0.3 is 26.0 Å². The summed E-state index contributed by atoms with van der Waals surface area (Å²) in [5.74, 6) is -0.416. The number of benzene rings is 1. The molecule has 31 heavy (non-hydrogen) atoms. The van der Waals surface area contributed by atoms with E-state index in [1.807, 2.05) is 0 Å².